The second-order valence-electron chi connectivity index (χ2n) is 4.47. The van der Waals surface area contributed by atoms with Crippen LogP contribution in [0.5, 0.6) is 5.75 Å². The molecule has 0 amide bonds. The molecule has 2 saturated carbocycles. The van der Waals surface area contributed by atoms with Crippen LogP contribution in [0, 0.1) is 0 Å². The molecule has 0 saturated heterocycles. The van der Waals surface area contributed by atoms with E-state index in [0.717, 1.165) is 18.6 Å². The van der Waals surface area contributed by atoms with Gasteiger partial charge in [0.2, 0.25) is 0 Å². The summed E-state index contributed by atoms with van der Waals surface area (Å²) in [6.45, 7) is 0. The molecular formula is C12H15NO. The van der Waals surface area contributed by atoms with Gasteiger partial charge in [-0.05, 0) is 31.7 Å². The van der Waals surface area contributed by atoms with Crippen LogP contribution in [0.3, 0.4) is 0 Å². The molecule has 1 aromatic carbocycles. The minimum atomic E-state index is -0.0779. The third-order valence-electron chi connectivity index (χ3n) is 3.03. The first-order chi connectivity index (χ1) is 6.78. The van der Waals surface area contributed by atoms with E-state index >= 15 is 0 Å². The molecule has 0 heterocycles. The molecule has 0 spiro atoms. The maximum Gasteiger partial charge on any atom is 0.124 e. The predicted octanol–water partition coefficient (Wildman–Crippen LogP) is 2.18. The summed E-state index contributed by atoms with van der Waals surface area (Å²) in [5, 5.41) is 0. The first-order valence-electron chi connectivity index (χ1n) is 5.33. The second-order valence-corrected chi connectivity index (χ2v) is 4.47. The van der Waals surface area contributed by atoms with Gasteiger partial charge in [-0.25, -0.2) is 0 Å². The SMILES string of the molecule is NC1(c2ccccc2OC2CC2)CC1. The zero-order valence-corrected chi connectivity index (χ0v) is 8.20. The van der Waals surface area contributed by atoms with Gasteiger partial charge < -0.3 is 10.5 Å². The molecule has 2 N–H and O–H groups in total. The lowest BCUT2D eigenvalue weighted by Crippen LogP contribution is -2.20. The van der Waals surface area contributed by atoms with E-state index in [1.54, 1.807) is 0 Å². The first kappa shape index (κ1) is 8.30. The van der Waals surface area contributed by atoms with Crippen LogP contribution in [-0.2, 0) is 5.54 Å². The maximum absolute atomic E-state index is 6.18. The zero-order valence-electron chi connectivity index (χ0n) is 8.20. The van der Waals surface area contributed by atoms with Gasteiger partial charge in [-0.2, -0.15) is 0 Å². The normalized spacial score (nSPS) is 23.2. The van der Waals surface area contributed by atoms with E-state index < -0.39 is 0 Å². The van der Waals surface area contributed by atoms with E-state index in [1.807, 2.05) is 18.2 Å². The van der Waals surface area contributed by atoms with Crippen molar-refractivity contribution >= 4 is 0 Å². The summed E-state index contributed by atoms with van der Waals surface area (Å²) in [5.74, 6) is 1.01. The molecule has 74 valence electrons. The Balaban J connectivity index is 1.92. The third-order valence-corrected chi connectivity index (χ3v) is 3.03. The Bertz CT molecular complexity index is 353. The quantitative estimate of drug-likeness (QED) is 0.791. The summed E-state index contributed by atoms with van der Waals surface area (Å²) in [4.78, 5) is 0. The number of nitrogens with two attached hydrogens (primary N) is 1. The van der Waals surface area contributed by atoms with Crippen LogP contribution in [0.2, 0.25) is 0 Å². The molecule has 0 radical (unpaired) electrons. The highest BCUT2D eigenvalue weighted by molar-refractivity contribution is 5.42. The molecule has 0 bridgehead atoms. The molecule has 14 heavy (non-hydrogen) atoms. The standard InChI is InChI=1S/C12H15NO/c13-12(7-8-12)10-3-1-2-4-11(10)14-9-5-6-9/h1-4,9H,5-8,13H2. The Labute approximate surface area is 84.1 Å². The van der Waals surface area contributed by atoms with Gasteiger partial charge >= 0.3 is 0 Å². The minimum Gasteiger partial charge on any atom is -0.490 e. The van der Waals surface area contributed by atoms with Crippen LogP contribution in [-0.4, -0.2) is 6.10 Å². The topological polar surface area (TPSA) is 35.2 Å². The van der Waals surface area contributed by atoms with Crippen molar-refractivity contribution in [2.75, 3.05) is 0 Å². The molecule has 2 fully saturated rings. The van der Waals surface area contributed by atoms with Gasteiger partial charge in [-0.15, -0.1) is 0 Å². The highest BCUT2D eigenvalue weighted by Gasteiger charge is 2.42. The molecule has 0 aliphatic heterocycles. The highest BCUT2D eigenvalue weighted by Crippen LogP contribution is 2.47. The Morgan fingerprint density at radius 2 is 1.93 bits per heavy atom. The van der Waals surface area contributed by atoms with Crippen molar-refractivity contribution in [1.82, 2.24) is 0 Å². The van der Waals surface area contributed by atoms with Crippen molar-refractivity contribution in [2.24, 2.45) is 5.73 Å². The first-order valence-corrected chi connectivity index (χ1v) is 5.33. The lowest BCUT2D eigenvalue weighted by atomic mass is 10.1. The molecule has 3 rings (SSSR count). The van der Waals surface area contributed by atoms with Crippen LogP contribution >= 0.6 is 0 Å². The average molecular weight is 189 g/mol. The molecule has 0 unspecified atom stereocenters. The molecule has 0 atom stereocenters. The van der Waals surface area contributed by atoms with E-state index in [2.05, 4.69) is 6.07 Å². The van der Waals surface area contributed by atoms with E-state index in [9.17, 15) is 0 Å². The lowest BCUT2D eigenvalue weighted by molar-refractivity contribution is 0.297. The van der Waals surface area contributed by atoms with Gasteiger partial charge in [0.25, 0.3) is 0 Å². The van der Waals surface area contributed by atoms with Crippen LogP contribution < -0.4 is 10.5 Å². The molecule has 2 aliphatic rings. The van der Waals surface area contributed by atoms with Crippen LogP contribution in [0.25, 0.3) is 0 Å². The Morgan fingerprint density at radius 3 is 2.57 bits per heavy atom. The van der Waals surface area contributed by atoms with Crippen molar-refractivity contribution in [3.8, 4) is 5.75 Å². The number of ether oxygens (including phenoxy) is 1. The fourth-order valence-corrected chi connectivity index (χ4v) is 1.75. The van der Waals surface area contributed by atoms with Gasteiger partial charge in [-0.1, -0.05) is 18.2 Å². The Morgan fingerprint density at radius 1 is 1.21 bits per heavy atom. The van der Waals surface area contributed by atoms with Gasteiger partial charge in [-0.3, -0.25) is 0 Å². The fourth-order valence-electron chi connectivity index (χ4n) is 1.75. The summed E-state index contributed by atoms with van der Waals surface area (Å²) in [7, 11) is 0. The number of rotatable bonds is 3. The monoisotopic (exact) mass is 189 g/mol. The van der Waals surface area contributed by atoms with Crippen molar-refractivity contribution in [1.29, 1.82) is 0 Å². The highest BCUT2D eigenvalue weighted by atomic mass is 16.5. The van der Waals surface area contributed by atoms with Crippen LogP contribution in [0.4, 0.5) is 0 Å². The van der Waals surface area contributed by atoms with Crippen LogP contribution in [0.1, 0.15) is 31.2 Å². The van der Waals surface area contributed by atoms with E-state index in [1.165, 1.54) is 18.4 Å². The summed E-state index contributed by atoms with van der Waals surface area (Å²) in [6, 6.07) is 8.21. The minimum absolute atomic E-state index is 0.0779. The number of hydrogen-bond donors (Lipinski definition) is 1. The van der Waals surface area contributed by atoms with Crippen molar-refractivity contribution < 1.29 is 4.74 Å². The van der Waals surface area contributed by atoms with Crippen molar-refractivity contribution in [3.05, 3.63) is 29.8 Å². The number of hydrogen-bond acceptors (Lipinski definition) is 2. The van der Waals surface area contributed by atoms with E-state index in [4.69, 9.17) is 10.5 Å². The summed E-state index contributed by atoms with van der Waals surface area (Å²) in [5.41, 5.74) is 7.31. The summed E-state index contributed by atoms with van der Waals surface area (Å²) < 4.78 is 5.84. The molecule has 1 aromatic rings. The fraction of sp³-hybridized carbons (Fsp3) is 0.500. The smallest absolute Gasteiger partial charge is 0.124 e. The van der Waals surface area contributed by atoms with Gasteiger partial charge in [0.05, 0.1) is 6.10 Å². The second kappa shape index (κ2) is 2.74. The van der Waals surface area contributed by atoms with Gasteiger partial charge in [0.15, 0.2) is 0 Å². The molecule has 2 heteroatoms. The van der Waals surface area contributed by atoms with Gasteiger partial charge in [0.1, 0.15) is 5.75 Å². The molecule has 0 aromatic heterocycles. The largest absolute Gasteiger partial charge is 0.490 e. The van der Waals surface area contributed by atoms with E-state index in [-0.39, 0.29) is 5.54 Å². The molecular weight excluding hydrogens is 174 g/mol. The Kier molecular flexibility index (Phi) is 1.62. The maximum atomic E-state index is 6.18. The van der Waals surface area contributed by atoms with Crippen molar-refractivity contribution in [2.45, 2.75) is 37.3 Å². The lowest BCUT2D eigenvalue weighted by Gasteiger charge is -2.15. The number of benzene rings is 1. The van der Waals surface area contributed by atoms with Gasteiger partial charge in [0, 0.05) is 11.1 Å². The Hall–Kier alpha value is -1.02. The van der Waals surface area contributed by atoms with Crippen LogP contribution in [0.15, 0.2) is 24.3 Å². The van der Waals surface area contributed by atoms with E-state index in [0.29, 0.717) is 6.10 Å². The third kappa shape index (κ3) is 1.40. The average Bonchev–Trinajstić information content (AvgIpc) is 3.06. The number of para-hydroxylation sites is 1. The molecule has 2 aliphatic carbocycles. The molecule has 2 nitrogen and oxygen atoms in total. The summed E-state index contributed by atoms with van der Waals surface area (Å²) in [6.07, 6.45) is 5.05. The summed E-state index contributed by atoms with van der Waals surface area (Å²) >= 11 is 0. The zero-order chi connectivity index (χ0) is 9.60. The predicted molar refractivity (Wildman–Crippen MR) is 55.2 cm³/mol. The van der Waals surface area contributed by atoms with Crippen molar-refractivity contribution in [3.63, 3.8) is 0 Å².